The number of aryl methyl sites for hydroxylation is 1. The second kappa shape index (κ2) is 6.80. The van der Waals surface area contributed by atoms with Gasteiger partial charge in [0.05, 0.1) is 23.3 Å². The van der Waals surface area contributed by atoms with E-state index in [1.54, 1.807) is 16.9 Å². The summed E-state index contributed by atoms with van der Waals surface area (Å²) in [5.41, 5.74) is 9.32. The summed E-state index contributed by atoms with van der Waals surface area (Å²) in [6.07, 6.45) is 4.40. The van der Waals surface area contributed by atoms with E-state index in [0.29, 0.717) is 12.5 Å². The molecule has 0 aromatic carbocycles. The van der Waals surface area contributed by atoms with E-state index in [0.717, 1.165) is 34.9 Å². The average molecular weight is 339 g/mol. The van der Waals surface area contributed by atoms with Crippen LogP contribution in [0.15, 0.2) is 36.7 Å². The molecule has 0 aliphatic heterocycles. The smallest absolute Gasteiger partial charge is 0.155 e. The highest BCUT2D eigenvalue weighted by atomic mass is 16.5. The molecule has 132 valence electrons. The van der Waals surface area contributed by atoms with Gasteiger partial charge in [-0.15, -0.1) is 0 Å². The monoisotopic (exact) mass is 339 g/mol. The zero-order chi connectivity index (χ0) is 18.0. The normalized spacial score (nSPS) is 14.0. The predicted molar refractivity (Wildman–Crippen MR) is 98.5 cm³/mol. The molecule has 0 radical (unpaired) electrons. The summed E-state index contributed by atoms with van der Waals surface area (Å²) in [6, 6.07) is 7.65. The highest BCUT2D eigenvalue weighted by Gasteiger charge is 2.21. The lowest BCUT2D eigenvalue weighted by atomic mass is 9.93. The van der Waals surface area contributed by atoms with Gasteiger partial charge in [-0.2, -0.15) is 5.10 Å². The Morgan fingerprint density at radius 2 is 2.00 bits per heavy atom. The molecule has 3 rings (SSSR count). The number of aromatic nitrogens is 4. The Morgan fingerprint density at radius 1 is 1.20 bits per heavy atom. The molecular weight excluding hydrogens is 314 g/mol. The van der Waals surface area contributed by atoms with E-state index >= 15 is 0 Å². The summed E-state index contributed by atoms with van der Waals surface area (Å²) in [5.74, 6) is 1.29. The number of hydrogen-bond donors (Lipinski definition) is 1. The third kappa shape index (κ3) is 3.96. The minimum Gasteiger partial charge on any atom is -0.490 e. The minimum atomic E-state index is -0.356. The molecule has 0 bridgehead atoms. The lowest BCUT2D eigenvalue weighted by Gasteiger charge is -2.27. The molecule has 0 spiro atoms. The fourth-order valence-corrected chi connectivity index (χ4v) is 3.11. The molecule has 6 heteroatoms. The van der Waals surface area contributed by atoms with Gasteiger partial charge in [0.25, 0.3) is 0 Å². The van der Waals surface area contributed by atoms with Crippen molar-refractivity contribution in [3.05, 3.63) is 42.4 Å². The Kier molecular flexibility index (Phi) is 4.72. The van der Waals surface area contributed by atoms with E-state index in [-0.39, 0.29) is 5.54 Å². The first-order valence-corrected chi connectivity index (χ1v) is 8.54. The molecule has 0 saturated heterocycles. The van der Waals surface area contributed by atoms with Crippen molar-refractivity contribution >= 4 is 5.65 Å². The highest BCUT2D eigenvalue weighted by molar-refractivity contribution is 5.59. The van der Waals surface area contributed by atoms with Crippen LogP contribution < -0.4 is 10.5 Å². The average Bonchev–Trinajstić information content (AvgIpc) is 3.01. The summed E-state index contributed by atoms with van der Waals surface area (Å²) < 4.78 is 7.72. The number of hydrogen-bond acceptors (Lipinski definition) is 5. The Balaban J connectivity index is 1.81. The van der Waals surface area contributed by atoms with E-state index < -0.39 is 0 Å². The Hall–Kier alpha value is -2.47. The molecule has 6 nitrogen and oxygen atoms in total. The first-order valence-electron chi connectivity index (χ1n) is 8.54. The third-order valence-corrected chi connectivity index (χ3v) is 4.02. The van der Waals surface area contributed by atoms with Crippen molar-refractivity contribution in [2.45, 2.75) is 39.7 Å². The van der Waals surface area contributed by atoms with Gasteiger partial charge in [0.1, 0.15) is 12.4 Å². The molecule has 25 heavy (non-hydrogen) atoms. The largest absolute Gasteiger partial charge is 0.490 e. The minimum absolute atomic E-state index is 0.356. The van der Waals surface area contributed by atoms with Crippen molar-refractivity contribution in [3.8, 4) is 17.1 Å². The van der Waals surface area contributed by atoms with E-state index in [9.17, 15) is 0 Å². The number of nitrogens with zero attached hydrogens (tertiary/aromatic N) is 4. The van der Waals surface area contributed by atoms with Crippen LogP contribution in [-0.4, -0.2) is 31.7 Å². The summed E-state index contributed by atoms with van der Waals surface area (Å²) in [5, 5.41) is 4.31. The predicted octanol–water partition coefficient (Wildman–Crippen LogP) is 3.24. The van der Waals surface area contributed by atoms with Crippen LogP contribution in [-0.2, 0) is 0 Å². The SMILES string of the molecule is Cc1nc(-c2ccnc3ccnn23)ccc1OC[C@@](C)(N)CC(C)C. The summed E-state index contributed by atoms with van der Waals surface area (Å²) in [7, 11) is 0. The van der Waals surface area contributed by atoms with Gasteiger partial charge in [-0.3, -0.25) is 0 Å². The van der Waals surface area contributed by atoms with Crippen LogP contribution in [0.1, 0.15) is 32.9 Å². The fourth-order valence-electron chi connectivity index (χ4n) is 3.11. The number of rotatable bonds is 6. The van der Waals surface area contributed by atoms with E-state index in [4.69, 9.17) is 10.5 Å². The highest BCUT2D eigenvalue weighted by Crippen LogP contribution is 2.24. The lowest BCUT2D eigenvalue weighted by molar-refractivity contribution is 0.205. The van der Waals surface area contributed by atoms with Crippen LogP contribution >= 0.6 is 0 Å². The van der Waals surface area contributed by atoms with Gasteiger partial charge in [0.15, 0.2) is 5.65 Å². The number of pyridine rings is 1. The first-order chi connectivity index (χ1) is 11.9. The third-order valence-electron chi connectivity index (χ3n) is 4.02. The number of nitrogens with two attached hydrogens (primary N) is 1. The van der Waals surface area contributed by atoms with Crippen molar-refractivity contribution in [1.82, 2.24) is 19.6 Å². The lowest BCUT2D eigenvalue weighted by Crippen LogP contribution is -2.43. The maximum Gasteiger partial charge on any atom is 0.155 e. The first kappa shape index (κ1) is 17.4. The quantitative estimate of drug-likeness (QED) is 0.746. The molecule has 2 N–H and O–H groups in total. The fraction of sp³-hybridized carbons (Fsp3) is 0.421. The van der Waals surface area contributed by atoms with Crippen LogP contribution in [0.3, 0.4) is 0 Å². The molecule has 1 atom stereocenters. The Morgan fingerprint density at radius 3 is 2.72 bits per heavy atom. The summed E-state index contributed by atoms with van der Waals surface area (Å²) >= 11 is 0. The molecule has 0 unspecified atom stereocenters. The zero-order valence-electron chi connectivity index (χ0n) is 15.2. The van der Waals surface area contributed by atoms with Crippen LogP contribution in [0.4, 0.5) is 0 Å². The molecule has 0 saturated carbocycles. The standard InChI is InChI=1S/C19H25N5O/c1-13(2)11-19(4,20)12-25-17-6-5-15(23-14(17)3)16-7-9-21-18-8-10-22-24(16)18/h5-10,13H,11-12,20H2,1-4H3/t19-/m0/s1. The van der Waals surface area contributed by atoms with Gasteiger partial charge >= 0.3 is 0 Å². The van der Waals surface area contributed by atoms with Gasteiger partial charge in [-0.25, -0.2) is 14.5 Å². The second-order valence-corrected chi connectivity index (χ2v) is 7.25. The molecule has 0 aliphatic rings. The van der Waals surface area contributed by atoms with Gasteiger partial charge in [-0.05, 0) is 44.4 Å². The summed E-state index contributed by atoms with van der Waals surface area (Å²) in [4.78, 5) is 8.96. The molecule has 3 aromatic rings. The Labute approximate surface area is 148 Å². The molecule has 0 aliphatic carbocycles. The van der Waals surface area contributed by atoms with Gasteiger partial charge in [-0.1, -0.05) is 13.8 Å². The van der Waals surface area contributed by atoms with Crippen LogP contribution in [0.2, 0.25) is 0 Å². The summed E-state index contributed by atoms with van der Waals surface area (Å²) in [6.45, 7) is 8.76. The van der Waals surface area contributed by atoms with Crippen LogP contribution in [0.5, 0.6) is 5.75 Å². The maximum atomic E-state index is 6.32. The Bertz CT molecular complexity index is 869. The molecular formula is C19H25N5O. The second-order valence-electron chi connectivity index (χ2n) is 7.25. The van der Waals surface area contributed by atoms with Crippen molar-refractivity contribution in [2.75, 3.05) is 6.61 Å². The zero-order valence-corrected chi connectivity index (χ0v) is 15.2. The van der Waals surface area contributed by atoms with E-state index in [2.05, 4.69) is 28.9 Å². The maximum absolute atomic E-state index is 6.32. The number of fused-ring (bicyclic) bond motifs is 1. The van der Waals surface area contributed by atoms with Crippen molar-refractivity contribution < 1.29 is 4.74 Å². The van der Waals surface area contributed by atoms with Gasteiger partial charge < -0.3 is 10.5 Å². The van der Waals surface area contributed by atoms with Gasteiger partial charge in [0.2, 0.25) is 0 Å². The molecule has 3 aromatic heterocycles. The molecule has 3 heterocycles. The van der Waals surface area contributed by atoms with Crippen molar-refractivity contribution in [2.24, 2.45) is 11.7 Å². The van der Waals surface area contributed by atoms with Crippen LogP contribution in [0, 0.1) is 12.8 Å². The van der Waals surface area contributed by atoms with Gasteiger partial charge in [0, 0.05) is 17.8 Å². The topological polar surface area (TPSA) is 78.3 Å². The molecule has 0 fully saturated rings. The number of ether oxygens (including phenoxy) is 1. The van der Waals surface area contributed by atoms with E-state index in [1.807, 2.05) is 38.1 Å². The molecule has 0 amide bonds. The van der Waals surface area contributed by atoms with Crippen molar-refractivity contribution in [3.63, 3.8) is 0 Å². The van der Waals surface area contributed by atoms with Crippen molar-refractivity contribution in [1.29, 1.82) is 0 Å². The van der Waals surface area contributed by atoms with Crippen LogP contribution in [0.25, 0.3) is 17.0 Å². The van der Waals surface area contributed by atoms with E-state index in [1.165, 1.54) is 0 Å².